The van der Waals surface area contributed by atoms with Gasteiger partial charge in [-0.2, -0.15) is 5.26 Å². The number of carbonyl (C=O) groups excluding carboxylic acids is 3. The van der Waals surface area contributed by atoms with Gasteiger partial charge in [0.2, 0.25) is 5.91 Å². The normalized spacial score (nSPS) is 14.2. The van der Waals surface area contributed by atoms with Gasteiger partial charge in [0.05, 0.1) is 19.8 Å². The number of benzene rings is 1. The number of amides is 2. The van der Waals surface area contributed by atoms with E-state index in [1.165, 1.54) is 18.0 Å². The predicted octanol–water partition coefficient (Wildman–Crippen LogP) is 0.762. The van der Waals surface area contributed by atoms with Gasteiger partial charge in [0.25, 0.3) is 5.91 Å². The average molecular weight is 385 g/mol. The van der Waals surface area contributed by atoms with Gasteiger partial charge < -0.3 is 19.3 Å². The van der Waals surface area contributed by atoms with Gasteiger partial charge in [0, 0.05) is 20.1 Å². The minimum Gasteiger partial charge on any atom is -0.451 e. The Morgan fingerprint density at radius 3 is 2.50 bits per heavy atom. The highest BCUT2D eigenvalue weighted by Crippen LogP contribution is 2.09. The summed E-state index contributed by atoms with van der Waals surface area (Å²) in [6, 6.07) is 9.04. The number of hydrogen-bond acceptors (Lipinski definition) is 6. The number of aryl methyl sites for hydroxylation is 1. The average Bonchev–Trinajstić information content (AvgIpc) is 2.71. The lowest BCUT2D eigenvalue weighted by Crippen LogP contribution is -2.46. The van der Waals surface area contributed by atoms with E-state index < -0.39 is 18.5 Å². The van der Waals surface area contributed by atoms with Crippen LogP contribution in [-0.4, -0.2) is 74.1 Å². The van der Waals surface area contributed by atoms with Crippen LogP contribution in [0.15, 0.2) is 29.8 Å². The lowest BCUT2D eigenvalue weighted by molar-refractivity contribution is -0.150. The third-order valence-electron chi connectivity index (χ3n) is 4.22. The molecule has 0 unspecified atom stereocenters. The Bertz CT molecular complexity index is 789. The molecule has 28 heavy (non-hydrogen) atoms. The second kappa shape index (κ2) is 10.2. The van der Waals surface area contributed by atoms with Crippen molar-refractivity contribution in [3.05, 3.63) is 41.0 Å². The number of esters is 1. The first-order chi connectivity index (χ1) is 13.4. The third kappa shape index (κ3) is 6.21. The molecule has 1 aromatic rings. The molecule has 0 bridgehead atoms. The van der Waals surface area contributed by atoms with Crippen molar-refractivity contribution in [2.45, 2.75) is 6.92 Å². The van der Waals surface area contributed by atoms with E-state index in [0.29, 0.717) is 31.9 Å². The van der Waals surface area contributed by atoms with E-state index in [-0.39, 0.29) is 18.0 Å². The maximum atomic E-state index is 12.1. The molecule has 0 N–H and O–H groups in total. The maximum Gasteiger partial charge on any atom is 0.349 e. The summed E-state index contributed by atoms with van der Waals surface area (Å²) < 4.78 is 10.1. The van der Waals surface area contributed by atoms with Crippen molar-refractivity contribution in [1.29, 1.82) is 5.26 Å². The van der Waals surface area contributed by atoms with Gasteiger partial charge in [0.15, 0.2) is 6.61 Å². The van der Waals surface area contributed by atoms with Crippen molar-refractivity contribution in [1.82, 2.24) is 9.80 Å². The number of hydrogen-bond donors (Lipinski definition) is 0. The quantitative estimate of drug-likeness (QED) is 0.407. The van der Waals surface area contributed by atoms with Crippen LogP contribution in [0.4, 0.5) is 0 Å². The molecule has 0 aromatic heterocycles. The van der Waals surface area contributed by atoms with Crippen molar-refractivity contribution in [3.8, 4) is 6.07 Å². The molecule has 1 aromatic carbocycles. The standard InChI is InChI=1S/C20H23N3O5/c1-15-3-5-16(6-4-15)11-17(12-21)20(26)28-14-19(25)22(2)13-18(24)23-7-9-27-10-8-23/h3-6,11H,7-10,13-14H2,1-2H3/b17-11+. The van der Waals surface area contributed by atoms with Gasteiger partial charge in [-0.15, -0.1) is 0 Å². The molecule has 8 nitrogen and oxygen atoms in total. The van der Waals surface area contributed by atoms with E-state index in [1.54, 1.807) is 23.1 Å². The summed E-state index contributed by atoms with van der Waals surface area (Å²) in [5, 5.41) is 9.18. The SMILES string of the molecule is Cc1ccc(/C=C(\C#N)C(=O)OCC(=O)N(C)CC(=O)N2CCOCC2)cc1. The molecular formula is C20H23N3O5. The first-order valence-electron chi connectivity index (χ1n) is 8.86. The van der Waals surface area contributed by atoms with E-state index in [4.69, 9.17) is 9.47 Å². The molecule has 1 aliphatic rings. The monoisotopic (exact) mass is 385 g/mol. The van der Waals surface area contributed by atoms with E-state index in [2.05, 4.69) is 0 Å². The van der Waals surface area contributed by atoms with Crippen LogP contribution in [0.2, 0.25) is 0 Å². The van der Waals surface area contributed by atoms with E-state index in [9.17, 15) is 19.6 Å². The van der Waals surface area contributed by atoms with Crippen LogP contribution in [0, 0.1) is 18.3 Å². The number of nitrogens with zero attached hydrogens (tertiary/aromatic N) is 3. The fourth-order valence-corrected chi connectivity index (χ4v) is 2.49. The number of rotatable bonds is 6. The summed E-state index contributed by atoms with van der Waals surface area (Å²) in [5.74, 6) is -1.60. The molecule has 2 rings (SSSR count). The summed E-state index contributed by atoms with van der Waals surface area (Å²) in [6.07, 6.45) is 1.40. The van der Waals surface area contributed by atoms with E-state index in [0.717, 1.165) is 5.56 Å². The lowest BCUT2D eigenvalue weighted by atomic mass is 10.1. The molecule has 1 fully saturated rings. The first kappa shape index (κ1) is 21.1. The Kier molecular flexibility index (Phi) is 7.72. The smallest absolute Gasteiger partial charge is 0.349 e. The van der Waals surface area contributed by atoms with Gasteiger partial charge in [-0.1, -0.05) is 29.8 Å². The van der Waals surface area contributed by atoms with Crippen molar-refractivity contribution in [2.75, 3.05) is 46.5 Å². The van der Waals surface area contributed by atoms with E-state index >= 15 is 0 Å². The molecule has 0 saturated carbocycles. The Morgan fingerprint density at radius 1 is 1.25 bits per heavy atom. The number of ether oxygens (including phenoxy) is 2. The van der Waals surface area contributed by atoms with Crippen LogP contribution in [0.1, 0.15) is 11.1 Å². The minimum absolute atomic E-state index is 0.110. The topological polar surface area (TPSA) is 99.9 Å². The minimum atomic E-state index is -0.885. The Hall–Kier alpha value is -3.18. The van der Waals surface area contributed by atoms with Crippen molar-refractivity contribution < 1.29 is 23.9 Å². The highest BCUT2D eigenvalue weighted by molar-refractivity contribution is 5.99. The zero-order valence-corrected chi connectivity index (χ0v) is 16.0. The van der Waals surface area contributed by atoms with Crippen LogP contribution < -0.4 is 0 Å². The molecular weight excluding hydrogens is 362 g/mol. The largest absolute Gasteiger partial charge is 0.451 e. The Labute approximate surface area is 163 Å². The van der Waals surface area contributed by atoms with Crippen molar-refractivity contribution in [2.24, 2.45) is 0 Å². The van der Waals surface area contributed by atoms with Gasteiger partial charge >= 0.3 is 5.97 Å². The second-order valence-electron chi connectivity index (χ2n) is 6.40. The zero-order chi connectivity index (χ0) is 20.5. The van der Waals surface area contributed by atoms with Gasteiger partial charge in [-0.05, 0) is 18.6 Å². The first-order valence-corrected chi connectivity index (χ1v) is 8.86. The lowest BCUT2D eigenvalue weighted by Gasteiger charge is -2.28. The molecule has 0 spiro atoms. The Balaban J connectivity index is 1.86. The summed E-state index contributed by atoms with van der Waals surface area (Å²) in [4.78, 5) is 39.2. The molecule has 1 aliphatic heterocycles. The highest BCUT2D eigenvalue weighted by Gasteiger charge is 2.21. The van der Waals surface area contributed by atoms with Crippen molar-refractivity contribution in [3.63, 3.8) is 0 Å². The summed E-state index contributed by atoms with van der Waals surface area (Å²) in [5.41, 5.74) is 1.53. The fraction of sp³-hybridized carbons (Fsp3) is 0.400. The van der Waals surface area contributed by atoms with Crippen molar-refractivity contribution >= 4 is 23.9 Å². The molecule has 1 heterocycles. The second-order valence-corrected chi connectivity index (χ2v) is 6.40. The fourth-order valence-electron chi connectivity index (χ4n) is 2.49. The van der Waals surface area contributed by atoms with Crippen LogP contribution >= 0.6 is 0 Å². The van der Waals surface area contributed by atoms with Crippen LogP contribution in [0.25, 0.3) is 6.08 Å². The van der Waals surface area contributed by atoms with Crippen LogP contribution in [-0.2, 0) is 23.9 Å². The number of morpholine rings is 1. The van der Waals surface area contributed by atoms with Gasteiger partial charge in [-0.3, -0.25) is 9.59 Å². The predicted molar refractivity (Wildman–Crippen MR) is 101 cm³/mol. The summed E-state index contributed by atoms with van der Waals surface area (Å²) >= 11 is 0. The maximum absolute atomic E-state index is 12.1. The third-order valence-corrected chi connectivity index (χ3v) is 4.22. The molecule has 148 valence electrons. The molecule has 2 amide bonds. The van der Waals surface area contributed by atoms with Crippen LogP contribution in [0.5, 0.6) is 0 Å². The van der Waals surface area contributed by atoms with E-state index in [1.807, 2.05) is 19.1 Å². The number of carbonyl (C=O) groups is 3. The molecule has 8 heteroatoms. The highest BCUT2D eigenvalue weighted by atomic mass is 16.5. The Morgan fingerprint density at radius 2 is 1.89 bits per heavy atom. The molecule has 0 atom stereocenters. The molecule has 1 saturated heterocycles. The number of likely N-dealkylation sites (N-methyl/N-ethyl adjacent to an activating group) is 1. The van der Waals surface area contributed by atoms with Gasteiger partial charge in [-0.25, -0.2) is 4.79 Å². The summed E-state index contributed by atoms with van der Waals surface area (Å²) in [7, 11) is 1.46. The molecule has 0 radical (unpaired) electrons. The summed E-state index contributed by atoms with van der Waals surface area (Å²) in [6.45, 7) is 3.21. The van der Waals surface area contributed by atoms with Gasteiger partial charge in [0.1, 0.15) is 11.6 Å². The molecule has 0 aliphatic carbocycles. The zero-order valence-electron chi connectivity index (χ0n) is 16.0. The number of nitriles is 1. The van der Waals surface area contributed by atoms with Crippen LogP contribution in [0.3, 0.4) is 0 Å².